The van der Waals surface area contributed by atoms with Gasteiger partial charge in [0.05, 0.1) is 13.2 Å². The summed E-state index contributed by atoms with van der Waals surface area (Å²) in [5.74, 6) is 0.572. The number of ether oxygens (including phenoxy) is 2. The summed E-state index contributed by atoms with van der Waals surface area (Å²) in [6, 6.07) is 17.0. The summed E-state index contributed by atoms with van der Waals surface area (Å²) >= 11 is 5.90. The molecule has 1 saturated heterocycles. The SMILES string of the molecule is CC(C)(Oc1ccc(Cl)cc1)C(=O)N1CCOC(c2ccccc2)C1. The van der Waals surface area contributed by atoms with Crippen LogP contribution in [0.2, 0.25) is 5.02 Å². The third-order valence-corrected chi connectivity index (χ3v) is 4.48. The first-order chi connectivity index (χ1) is 12.0. The van der Waals surface area contributed by atoms with E-state index in [1.54, 1.807) is 38.1 Å². The van der Waals surface area contributed by atoms with Crippen molar-refractivity contribution in [2.75, 3.05) is 19.7 Å². The molecule has 1 amide bonds. The number of rotatable bonds is 4. The zero-order valence-corrected chi connectivity index (χ0v) is 15.2. The number of hydrogen-bond acceptors (Lipinski definition) is 3. The predicted octanol–water partition coefficient (Wildman–Crippen LogP) is 4.10. The zero-order valence-electron chi connectivity index (χ0n) is 14.4. The molecule has 5 heteroatoms. The Balaban J connectivity index is 1.69. The number of carbonyl (C=O) groups excluding carboxylic acids is 1. The van der Waals surface area contributed by atoms with Gasteiger partial charge in [0.2, 0.25) is 0 Å². The third kappa shape index (κ3) is 4.33. The third-order valence-electron chi connectivity index (χ3n) is 4.23. The molecule has 1 aliphatic heterocycles. The van der Waals surface area contributed by atoms with Gasteiger partial charge in [0.1, 0.15) is 11.9 Å². The molecule has 0 radical (unpaired) electrons. The van der Waals surface area contributed by atoms with Crippen molar-refractivity contribution in [1.82, 2.24) is 4.90 Å². The molecule has 1 heterocycles. The van der Waals surface area contributed by atoms with Gasteiger partial charge in [-0.2, -0.15) is 0 Å². The summed E-state index contributed by atoms with van der Waals surface area (Å²) in [6.07, 6.45) is -0.106. The van der Waals surface area contributed by atoms with Crippen LogP contribution < -0.4 is 4.74 Å². The van der Waals surface area contributed by atoms with Gasteiger partial charge < -0.3 is 14.4 Å². The average molecular weight is 360 g/mol. The second-order valence-corrected chi connectivity index (χ2v) is 7.02. The minimum atomic E-state index is -0.966. The van der Waals surface area contributed by atoms with Gasteiger partial charge in [0.15, 0.2) is 5.60 Å². The summed E-state index contributed by atoms with van der Waals surface area (Å²) in [7, 11) is 0. The first-order valence-electron chi connectivity index (χ1n) is 8.36. The lowest BCUT2D eigenvalue weighted by Crippen LogP contribution is -2.53. The van der Waals surface area contributed by atoms with E-state index in [1.807, 2.05) is 35.2 Å². The summed E-state index contributed by atoms with van der Waals surface area (Å²) in [5, 5.41) is 0.635. The van der Waals surface area contributed by atoms with E-state index in [0.29, 0.717) is 30.5 Å². The van der Waals surface area contributed by atoms with Crippen molar-refractivity contribution < 1.29 is 14.3 Å². The molecule has 0 aliphatic carbocycles. The molecule has 0 saturated carbocycles. The molecule has 1 fully saturated rings. The predicted molar refractivity (Wildman–Crippen MR) is 97.9 cm³/mol. The van der Waals surface area contributed by atoms with Crippen LogP contribution in [-0.4, -0.2) is 36.1 Å². The van der Waals surface area contributed by atoms with E-state index >= 15 is 0 Å². The molecule has 0 spiro atoms. The second-order valence-electron chi connectivity index (χ2n) is 6.59. The molecule has 3 rings (SSSR count). The van der Waals surface area contributed by atoms with Crippen LogP contribution in [0.4, 0.5) is 0 Å². The molecule has 0 bridgehead atoms. The zero-order chi connectivity index (χ0) is 17.9. The van der Waals surface area contributed by atoms with Crippen LogP contribution in [0.3, 0.4) is 0 Å². The Kier molecular flexibility index (Phi) is 5.30. The highest BCUT2D eigenvalue weighted by atomic mass is 35.5. The highest BCUT2D eigenvalue weighted by Crippen LogP contribution is 2.26. The van der Waals surface area contributed by atoms with Crippen molar-refractivity contribution >= 4 is 17.5 Å². The number of carbonyl (C=O) groups is 1. The highest BCUT2D eigenvalue weighted by Gasteiger charge is 2.37. The van der Waals surface area contributed by atoms with E-state index in [0.717, 1.165) is 5.56 Å². The molecule has 2 aromatic rings. The maximum absolute atomic E-state index is 13.0. The van der Waals surface area contributed by atoms with Crippen molar-refractivity contribution in [2.45, 2.75) is 25.6 Å². The lowest BCUT2D eigenvalue weighted by atomic mass is 10.0. The summed E-state index contributed by atoms with van der Waals surface area (Å²) in [4.78, 5) is 14.8. The highest BCUT2D eigenvalue weighted by molar-refractivity contribution is 6.30. The van der Waals surface area contributed by atoms with E-state index in [-0.39, 0.29) is 12.0 Å². The molecule has 0 aromatic heterocycles. The lowest BCUT2D eigenvalue weighted by molar-refractivity contribution is -0.153. The van der Waals surface area contributed by atoms with Gasteiger partial charge >= 0.3 is 0 Å². The number of halogens is 1. The van der Waals surface area contributed by atoms with E-state index in [9.17, 15) is 4.79 Å². The van der Waals surface area contributed by atoms with Crippen molar-refractivity contribution in [3.63, 3.8) is 0 Å². The fourth-order valence-electron chi connectivity index (χ4n) is 2.92. The number of nitrogens with zero attached hydrogens (tertiary/aromatic N) is 1. The Morgan fingerprint density at radius 1 is 1.16 bits per heavy atom. The lowest BCUT2D eigenvalue weighted by Gasteiger charge is -2.37. The summed E-state index contributed by atoms with van der Waals surface area (Å²) in [6.45, 7) is 5.18. The van der Waals surface area contributed by atoms with Crippen LogP contribution in [-0.2, 0) is 9.53 Å². The largest absolute Gasteiger partial charge is 0.478 e. The monoisotopic (exact) mass is 359 g/mol. The molecular formula is C20H22ClNO3. The summed E-state index contributed by atoms with van der Waals surface area (Å²) < 4.78 is 11.8. The van der Waals surface area contributed by atoms with Gasteiger partial charge in [-0.3, -0.25) is 4.79 Å². The Bertz CT molecular complexity index is 715. The van der Waals surface area contributed by atoms with Gasteiger partial charge in [0, 0.05) is 11.6 Å². The van der Waals surface area contributed by atoms with E-state index in [1.165, 1.54) is 0 Å². The first-order valence-corrected chi connectivity index (χ1v) is 8.74. The Labute approximate surface area is 153 Å². The molecule has 2 aromatic carbocycles. The van der Waals surface area contributed by atoms with Crippen LogP contribution in [0.1, 0.15) is 25.5 Å². The molecule has 0 N–H and O–H groups in total. The summed E-state index contributed by atoms with van der Waals surface area (Å²) in [5.41, 5.74) is 0.114. The topological polar surface area (TPSA) is 38.8 Å². The average Bonchev–Trinajstić information content (AvgIpc) is 2.64. The van der Waals surface area contributed by atoms with Gasteiger partial charge in [0.25, 0.3) is 5.91 Å². The quantitative estimate of drug-likeness (QED) is 0.825. The van der Waals surface area contributed by atoms with Crippen molar-refractivity contribution in [3.8, 4) is 5.75 Å². The first kappa shape index (κ1) is 17.8. The second kappa shape index (κ2) is 7.46. The smallest absolute Gasteiger partial charge is 0.266 e. The maximum atomic E-state index is 13.0. The van der Waals surface area contributed by atoms with E-state index in [4.69, 9.17) is 21.1 Å². The fraction of sp³-hybridized carbons (Fsp3) is 0.350. The maximum Gasteiger partial charge on any atom is 0.266 e. The van der Waals surface area contributed by atoms with Gasteiger partial charge in [-0.25, -0.2) is 0 Å². The van der Waals surface area contributed by atoms with Crippen LogP contribution in [0.5, 0.6) is 5.75 Å². The minimum absolute atomic E-state index is 0.0494. The molecule has 25 heavy (non-hydrogen) atoms. The van der Waals surface area contributed by atoms with Crippen molar-refractivity contribution in [3.05, 3.63) is 65.2 Å². The molecule has 132 valence electrons. The van der Waals surface area contributed by atoms with Crippen molar-refractivity contribution in [2.24, 2.45) is 0 Å². The van der Waals surface area contributed by atoms with Gasteiger partial charge in [-0.15, -0.1) is 0 Å². The van der Waals surface area contributed by atoms with Crippen LogP contribution in [0.15, 0.2) is 54.6 Å². The number of morpholine rings is 1. The minimum Gasteiger partial charge on any atom is -0.478 e. The van der Waals surface area contributed by atoms with Crippen LogP contribution in [0, 0.1) is 0 Å². The number of amides is 1. The molecule has 1 aliphatic rings. The van der Waals surface area contributed by atoms with Gasteiger partial charge in [-0.1, -0.05) is 41.9 Å². The van der Waals surface area contributed by atoms with Gasteiger partial charge in [-0.05, 0) is 43.7 Å². The van der Waals surface area contributed by atoms with Crippen molar-refractivity contribution in [1.29, 1.82) is 0 Å². The Morgan fingerprint density at radius 2 is 1.84 bits per heavy atom. The molecule has 1 unspecified atom stereocenters. The van der Waals surface area contributed by atoms with Crippen LogP contribution in [0.25, 0.3) is 0 Å². The Morgan fingerprint density at radius 3 is 2.52 bits per heavy atom. The van der Waals surface area contributed by atoms with E-state index < -0.39 is 5.60 Å². The molecular weight excluding hydrogens is 338 g/mol. The molecule has 4 nitrogen and oxygen atoms in total. The van der Waals surface area contributed by atoms with E-state index in [2.05, 4.69) is 0 Å². The number of hydrogen-bond donors (Lipinski definition) is 0. The number of benzene rings is 2. The van der Waals surface area contributed by atoms with Crippen LogP contribution >= 0.6 is 11.6 Å². The molecule has 1 atom stereocenters. The fourth-order valence-corrected chi connectivity index (χ4v) is 3.05. The Hall–Kier alpha value is -2.04. The normalized spacial score (nSPS) is 18.0. The standard InChI is InChI=1S/C20H22ClNO3/c1-20(2,25-17-10-8-16(21)9-11-17)19(23)22-12-13-24-18(14-22)15-6-4-3-5-7-15/h3-11,18H,12-14H2,1-2H3.